The second kappa shape index (κ2) is 9.55. The molecule has 0 atom stereocenters. The zero-order chi connectivity index (χ0) is 19.1. The van der Waals surface area contributed by atoms with Gasteiger partial charge in [0.2, 0.25) is 5.91 Å². The maximum absolute atomic E-state index is 12.5. The van der Waals surface area contributed by atoms with Gasteiger partial charge < -0.3 is 19.3 Å². The molecule has 27 heavy (non-hydrogen) atoms. The average molecular weight is 387 g/mol. The number of ether oxygens (including phenoxy) is 2. The van der Waals surface area contributed by atoms with Gasteiger partial charge in [-0.05, 0) is 29.8 Å². The van der Waals surface area contributed by atoms with E-state index in [-0.39, 0.29) is 5.91 Å². The maximum Gasteiger partial charge on any atom is 0.232 e. The zero-order valence-corrected chi connectivity index (χ0v) is 16.7. The molecule has 2 aromatic carbocycles. The third-order valence-corrected chi connectivity index (χ3v) is 5.70. The summed E-state index contributed by atoms with van der Waals surface area (Å²) in [4.78, 5) is 16.7. The van der Waals surface area contributed by atoms with Gasteiger partial charge in [-0.15, -0.1) is 11.8 Å². The molecule has 0 spiro atoms. The van der Waals surface area contributed by atoms with Crippen molar-refractivity contribution in [3.63, 3.8) is 0 Å². The number of methoxy groups -OCH3 is 2. The molecule has 1 heterocycles. The van der Waals surface area contributed by atoms with E-state index < -0.39 is 0 Å². The molecule has 1 aliphatic heterocycles. The summed E-state index contributed by atoms with van der Waals surface area (Å²) in [5.74, 6) is 3.30. The molecule has 0 N–H and O–H groups in total. The first-order valence-electron chi connectivity index (χ1n) is 9.07. The Labute approximate surface area is 165 Å². The van der Waals surface area contributed by atoms with Crippen molar-refractivity contribution in [2.45, 2.75) is 5.75 Å². The predicted octanol–water partition coefficient (Wildman–Crippen LogP) is 3.29. The van der Waals surface area contributed by atoms with E-state index in [1.165, 1.54) is 5.56 Å². The summed E-state index contributed by atoms with van der Waals surface area (Å²) in [5.41, 5.74) is 2.30. The molecule has 1 aliphatic rings. The van der Waals surface area contributed by atoms with Gasteiger partial charge in [0, 0.05) is 31.9 Å². The number of benzene rings is 2. The fourth-order valence-corrected chi connectivity index (χ4v) is 4.04. The van der Waals surface area contributed by atoms with Gasteiger partial charge in [-0.25, -0.2) is 0 Å². The van der Waals surface area contributed by atoms with Crippen LogP contribution in [0.15, 0.2) is 48.5 Å². The molecule has 5 nitrogen and oxygen atoms in total. The van der Waals surface area contributed by atoms with Crippen LogP contribution in [0.2, 0.25) is 0 Å². The molecular formula is C21H26N2O3S. The van der Waals surface area contributed by atoms with E-state index in [0.29, 0.717) is 5.75 Å². The third kappa shape index (κ3) is 5.10. The second-order valence-electron chi connectivity index (χ2n) is 6.38. The maximum atomic E-state index is 12.5. The summed E-state index contributed by atoms with van der Waals surface area (Å²) in [6, 6.07) is 16.0. The molecule has 0 aromatic heterocycles. The van der Waals surface area contributed by atoms with E-state index in [9.17, 15) is 4.79 Å². The minimum atomic E-state index is 0.216. The third-order valence-electron chi connectivity index (χ3n) is 4.71. The molecule has 1 fully saturated rings. The Balaban J connectivity index is 1.44. The van der Waals surface area contributed by atoms with Crippen molar-refractivity contribution in [2.75, 3.05) is 51.1 Å². The van der Waals surface area contributed by atoms with Crippen molar-refractivity contribution >= 4 is 23.4 Å². The smallest absolute Gasteiger partial charge is 0.232 e. The number of para-hydroxylation sites is 2. The van der Waals surface area contributed by atoms with E-state index in [1.54, 1.807) is 26.0 Å². The van der Waals surface area contributed by atoms with Crippen LogP contribution in [0.5, 0.6) is 11.5 Å². The lowest BCUT2D eigenvalue weighted by Gasteiger charge is -2.36. The molecule has 0 unspecified atom stereocenters. The van der Waals surface area contributed by atoms with Crippen LogP contribution in [0, 0.1) is 0 Å². The molecular weight excluding hydrogens is 360 g/mol. The Hall–Kier alpha value is -2.34. The van der Waals surface area contributed by atoms with E-state index in [0.717, 1.165) is 49.1 Å². The minimum absolute atomic E-state index is 0.216. The number of carbonyl (C=O) groups excluding carboxylic acids is 1. The molecule has 0 aliphatic carbocycles. The van der Waals surface area contributed by atoms with E-state index in [2.05, 4.69) is 11.0 Å². The van der Waals surface area contributed by atoms with E-state index >= 15 is 0 Å². The largest absolute Gasteiger partial charge is 0.497 e. The molecule has 3 rings (SSSR count). The number of hydrogen-bond donors (Lipinski definition) is 0. The highest BCUT2D eigenvalue weighted by molar-refractivity contribution is 7.99. The van der Waals surface area contributed by atoms with Crippen LogP contribution in [0.1, 0.15) is 5.56 Å². The molecule has 144 valence electrons. The van der Waals surface area contributed by atoms with Crippen LogP contribution in [0.4, 0.5) is 5.69 Å². The number of amides is 1. The van der Waals surface area contributed by atoms with E-state index in [4.69, 9.17) is 9.47 Å². The standard InChI is InChI=1S/C21H26N2O3S/c1-25-18-9-7-17(8-10-18)15-27-16-21(24)23-13-11-22(12-14-23)19-5-3-4-6-20(19)26-2/h3-10H,11-16H2,1-2H3. The molecule has 1 amide bonds. The van der Waals surface area contributed by atoms with Gasteiger partial charge in [0.1, 0.15) is 11.5 Å². The lowest BCUT2D eigenvalue weighted by atomic mass is 10.2. The molecule has 1 saturated heterocycles. The van der Waals surface area contributed by atoms with Crippen molar-refractivity contribution in [2.24, 2.45) is 0 Å². The van der Waals surface area contributed by atoms with Crippen molar-refractivity contribution in [1.82, 2.24) is 4.90 Å². The monoisotopic (exact) mass is 386 g/mol. The minimum Gasteiger partial charge on any atom is -0.497 e. The second-order valence-corrected chi connectivity index (χ2v) is 7.37. The summed E-state index contributed by atoms with van der Waals surface area (Å²) in [5, 5.41) is 0. The number of hydrogen-bond acceptors (Lipinski definition) is 5. The number of thioether (sulfide) groups is 1. The Bertz CT molecular complexity index is 743. The highest BCUT2D eigenvalue weighted by atomic mass is 32.2. The Morgan fingerprint density at radius 3 is 2.33 bits per heavy atom. The van der Waals surface area contributed by atoms with Gasteiger partial charge in [0.25, 0.3) is 0 Å². The van der Waals surface area contributed by atoms with Crippen molar-refractivity contribution in [3.8, 4) is 11.5 Å². The summed E-state index contributed by atoms with van der Waals surface area (Å²) in [7, 11) is 3.36. The molecule has 2 aromatic rings. The first kappa shape index (κ1) is 19.4. The topological polar surface area (TPSA) is 42.0 Å². The number of anilines is 1. The van der Waals surface area contributed by atoms with Gasteiger partial charge in [-0.3, -0.25) is 4.79 Å². The lowest BCUT2D eigenvalue weighted by molar-refractivity contribution is -0.128. The number of carbonyl (C=O) groups is 1. The Morgan fingerprint density at radius 1 is 0.963 bits per heavy atom. The Morgan fingerprint density at radius 2 is 1.67 bits per heavy atom. The van der Waals surface area contributed by atoms with Crippen LogP contribution in [-0.4, -0.2) is 57.0 Å². The van der Waals surface area contributed by atoms with Crippen LogP contribution in [-0.2, 0) is 10.5 Å². The quantitative estimate of drug-likeness (QED) is 0.730. The molecule has 0 radical (unpaired) electrons. The summed E-state index contributed by atoms with van der Waals surface area (Å²) in [6.07, 6.45) is 0. The molecule has 0 bridgehead atoms. The van der Waals surface area contributed by atoms with Crippen LogP contribution in [0.3, 0.4) is 0 Å². The first-order valence-corrected chi connectivity index (χ1v) is 10.2. The van der Waals surface area contributed by atoms with Crippen molar-refractivity contribution in [1.29, 1.82) is 0 Å². The molecule has 6 heteroatoms. The van der Waals surface area contributed by atoms with Crippen LogP contribution < -0.4 is 14.4 Å². The predicted molar refractivity (Wildman–Crippen MR) is 111 cm³/mol. The van der Waals surface area contributed by atoms with Gasteiger partial charge in [0.15, 0.2) is 0 Å². The Kier molecular flexibility index (Phi) is 6.87. The summed E-state index contributed by atoms with van der Waals surface area (Å²) in [6.45, 7) is 3.16. The van der Waals surface area contributed by atoms with Gasteiger partial charge >= 0.3 is 0 Å². The number of rotatable bonds is 7. The fourth-order valence-electron chi connectivity index (χ4n) is 3.16. The highest BCUT2D eigenvalue weighted by Crippen LogP contribution is 2.28. The first-order chi connectivity index (χ1) is 13.2. The molecule has 0 saturated carbocycles. The number of nitrogens with zero attached hydrogens (tertiary/aromatic N) is 2. The summed E-state index contributed by atoms with van der Waals surface area (Å²) >= 11 is 1.66. The van der Waals surface area contributed by atoms with Gasteiger partial charge in [-0.1, -0.05) is 24.3 Å². The number of piperazine rings is 1. The van der Waals surface area contributed by atoms with E-state index in [1.807, 2.05) is 47.4 Å². The summed E-state index contributed by atoms with van der Waals surface area (Å²) < 4.78 is 10.6. The van der Waals surface area contributed by atoms with Crippen molar-refractivity contribution < 1.29 is 14.3 Å². The zero-order valence-electron chi connectivity index (χ0n) is 15.9. The average Bonchev–Trinajstić information content (AvgIpc) is 2.74. The van der Waals surface area contributed by atoms with Crippen LogP contribution >= 0.6 is 11.8 Å². The normalized spacial score (nSPS) is 14.1. The lowest BCUT2D eigenvalue weighted by Crippen LogP contribution is -2.49. The van der Waals surface area contributed by atoms with Crippen molar-refractivity contribution in [3.05, 3.63) is 54.1 Å². The van der Waals surface area contributed by atoms with Crippen LogP contribution in [0.25, 0.3) is 0 Å². The SMILES string of the molecule is COc1ccc(CSCC(=O)N2CCN(c3ccccc3OC)CC2)cc1. The highest BCUT2D eigenvalue weighted by Gasteiger charge is 2.22. The fraction of sp³-hybridized carbons (Fsp3) is 0.381. The van der Waals surface area contributed by atoms with Gasteiger partial charge in [-0.2, -0.15) is 0 Å². The van der Waals surface area contributed by atoms with Gasteiger partial charge in [0.05, 0.1) is 25.7 Å².